The van der Waals surface area contributed by atoms with Gasteiger partial charge in [0.05, 0.1) is 12.6 Å². The Bertz CT molecular complexity index is 381. The third-order valence-corrected chi connectivity index (χ3v) is 2.35. The highest BCUT2D eigenvalue weighted by Gasteiger charge is 2.14. The summed E-state index contributed by atoms with van der Waals surface area (Å²) in [5, 5.41) is 30.0. The van der Waals surface area contributed by atoms with Gasteiger partial charge in [-0.2, -0.15) is 0 Å². The van der Waals surface area contributed by atoms with Gasteiger partial charge in [-0.1, -0.05) is 0 Å². The normalized spacial score (nSPS) is 12.1. The number of ether oxygens (including phenoxy) is 1. The molecule has 0 heterocycles. The quantitative estimate of drug-likeness (QED) is 0.583. The second kappa shape index (κ2) is 6.83. The topological polar surface area (TPSA) is 99.0 Å². The first-order valence-corrected chi connectivity index (χ1v) is 5.50. The first kappa shape index (κ1) is 14.3. The predicted molar refractivity (Wildman–Crippen MR) is 64.6 cm³/mol. The summed E-state index contributed by atoms with van der Waals surface area (Å²) in [5.41, 5.74) is 0.145. The summed E-state index contributed by atoms with van der Waals surface area (Å²) in [6, 6.07) is 3.31. The van der Waals surface area contributed by atoms with Crippen LogP contribution in [0.5, 0.6) is 11.5 Å². The fourth-order valence-corrected chi connectivity index (χ4v) is 1.55. The number of aliphatic hydroxyl groups excluding tert-OH is 1. The van der Waals surface area contributed by atoms with E-state index in [1.807, 2.05) is 0 Å². The van der Waals surface area contributed by atoms with Gasteiger partial charge in [0, 0.05) is 25.3 Å². The number of carbonyl (C=O) groups is 1. The van der Waals surface area contributed by atoms with Crippen molar-refractivity contribution in [1.29, 1.82) is 0 Å². The molecule has 1 amide bonds. The molecule has 0 aliphatic rings. The third kappa shape index (κ3) is 4.23. The van der Waals surface area contributed by atoms with Crippen molar-refractivity contribution in [2.24, 2.45) is 0 Å². The van der Waals surface area contributed by atoms with E-state index in [-0.39, 0.29) is 36.3 Å². The molecule has 1 aromatic rings. The van der Waals surface area contributed by atoms with Gasteiger partial charge in [0.2, 0.25) is 0 Å². The molecule has 0 bridgehead atoms. The van der Waals surface area contributed by atoms with Crippen LogP contribution in [0.25, 0.3) is 0 Å². The van der Waals surface area contributed by atoms with E-state index in [2.05, 4.69) is 5.32 Å². The third-order valence-electron chi connectivity index (χ3n) is 2.35. The van der Waals surface area contributed by atoms with Crippen molar-refractivity contribution in [3.63, 3.8) is 0 Å². The second-order valence-corrected chi connectivity index (χ2v) is 3.88. The predicted octanol–water partition coefficient (Wildman–Crippen LogP) is 0.225. The molecular formula is C12H17NO5. The fraction of sp³-hybridized carbons (Fsp3) is 0.417. The Balaban J connectivity index is 2.73. The molecule has 0 fully saturated rings. The molecule has 0 saturated carbocycles. The Labute approximate surface area is 105 Å². The zero-order valence-corrected chi connectivity index (χ0v) is 10.1. The van der Waals surface area contributed by atoms with Crippen molar-refractivity contribution >= 4 is 5.91 Å². The maximum atomic E-state index is 11.8. The Morgan fingerprint density at radius 1 is 1.33 bits per heavy atom. The van der Waals surface area contributed by atoms with Gasteiger partial charge in [0.15, 0.2) is 0 Å². The number of benzene rings is 1. The molecule has 6 heteroatoms. The number of hydrogen-bond donors (Lipinski definition) is 4. The molecule has 0 aliphatic heterocycles. The minimum atomic E-state index is -0.448. The molecule has 18 heavy (non-hydrogen) atoms. The van der Waals surface area contributed by atoms with E-state index in [1.54, 1.807) is 0 Å². The van der Waals surface area contributed by atoms with Gasteiger partial charge in [-0.3, -0.25) is 4.79 Å². The SMILES string of the molecule is COCC(CCO)NC(=O)c1cc(O)cc(O)c1. The molecule has 100 valence electrons. The lowest BCUT2D eigenvalue weighted by atomic mass is 10.1. The number of phenols is 2. The molecule has 4 N–H and O–H groups in total. The van der Waals surface area contributed by atoms with Gasteiger partial charge < -0.3 is 25.4 Å². The molecule has 0 saturated heterocycles. The van der Waals surface area contributed by atoms with Crippen LogP contribution < -0.4 is 5.32 Å². The van der Waals surface area contributed by atoms with Crippen LogP contribution in [-0.4, -0.2) is 47.6 Å². The monoisotopic (exact) mass is 255 g/mol. The minimum absolute atomic E-state index is 0.0698. The number of aromatic hydroxyl groups is 2. The number of methoxy groups -OCH3 is 1. The van der Waals surface area contributed by atoms with Crippen LogP contribution in [-0.2, 0) is 4.74 Å². The zero-order valence-electron chi connectivity index (χ0n) is 10.1. The summed E-state index contributed by atoms with van der Waals surface area (Å²) < 4.78 is 4.92. The van der Waals surface area contributed by atoms with Gasteiger partial charge in [-0.25, -0.2) is 0 Å². The molecular weight excluding hydrogens is 238 g/mol. The summed E-state index contributed by atoms with van der Waals surface area (Å²) in [6.07, 6.45) is 0.365. The Morgan fingerprint density at radius 2 is 1.94 bits per heavy atom. The summed E-state index contributed by atoms with van der Waals surface area (Å²) in [4.78, 5) is 11.8. The Hall–Kier alpha value is -1.79. The van der Waals surface area contributed by atoms with Gasteiger partial charge in [0.25, 0.3) is 5.91 Å². The number of carbonyl (C=O) groups excluding carboxylic acids is 1. The lowest BCUT2D eigenvalue weighted by Crippen LogP contribution is -2.38. The van der Waals surface area contributed by atoms with Crippen molar-refractivity contribution in [2.75, 3.05) is 20.3 Å². The van der Waals surface area contributed by atoms with Crippen LogP contribution in [0.1, 0.15) is 16.8 Å². The Morgan fingerprint density at radius 3 is 2.44 bits per heavy atom. The number of nitrogens with one attached hydrogen (secondary N) is 1. The fourth-order valence-electron chi connectivity index (χ4n) is 1.55. The number of aliphatic hydroxyl groups is 1. The van der Waals surface area contributed by atoms with E-state index in [0.717, 1.165) is 6.07 Å². The number of rotatable bonds is 6. The summed E-state index contributed by atoms with van der Waals surface area (Å²) in [5.74, 6) is -0.826. The standard InChI is InChI=1S/C12H17NO5/c1-18-7-9(2-3-14)13-12(17)8-4-10(15)6-11(16)5-8/h4-6,9,14-16H,2-3,7H2,1H3,(H,13,17). The van der Waals surface area contributed by atoms with E-state index >= 15 is 0 Å². The number of amides is 1. The van der Waals surface area contributed by atoms with E-state index in [1.165, 1.54) is 19.2 Å². The van der Waals surface area contributed by atoms with Crippen LogP contribution in [0.4, 0.5) is 0 Å². The minimum Gasteiger partial charge on any atom is -0.508 e. The lowest BCUT2D eigenvalue weighted by Gasteiger charge is -2.16. The van der Waals surface area contributed by atoms with Crippen LogP contribution in [0.3, 0.4) is 0 Å². The van der Waals surface area contributed by atoms with E-state index in [0.29, 0.717) is 6.42 Å². The molecule has 0 aromatic heterocycles. The maximum absolute atomic E-state index is 11.8. The highest BCUT2D eigenvalue weighted by Crippen LogP contribution is 2.20. The van der Waals surface area contributed by atoms with Crippen molar-refractivity contribution in [3.05, 3.63) is 23.8 Å². The zero-order chi connectivity index (χ0) is 13.5. The van der Waals surface area contributed by atoms with Crippen LogP contribution in [0, 0.1) is 0 Å². The molecule has 1 atom stereocenters. The average Bonchev–Trinajstić information content (AvgIpc) is 2.28. The Kier molecular flexibility index (Phi) is 5.41. The van der Waals surface area contributed by atoms with Crippen molar-refractivity contribution in [2.45, 2.75) is 12.5 Å². The summed E-state index contributed by atoms with van der Waals surface area (Å²) in [6.45, 7) is 0.205. The number of hydrogen-bond acceptors (Lipinski definition) is 5. The maximum Gasteiger partial charge on any atom is 0.251 e. The first-order chi connectivity index (χ1) is 8.56. The van der Waals surface area contributed by atoms with E-state index < -0.39 is 5.91 Å². The molecule has 1 unspecified atom stereocenters. The smallest absolute Gasteiger partial charge is 0.251 e. The molecule has 1 aromatic carbocycles. The molecule has 0 spiro atoms. The first-order valence-electron chi connectivity index (χ1n) is 5.50. The van der Waals surface area contributed by atoms with Gasteiger partial charge >= 0.3 is 0 Å². The van der Waals surface area contributed by atoms with Crippen molar-refractivity contribution in [3.8, 4) is 11.5 Å². The lowest BCUT2D eigenvalue weighted by molar-refractivity contribution is 0.0878. The van der Waals surface area contributed by atoms with Crippen LogP contribution in [0.2, 0.25) is 0 Å². The van der Waals surface area contributed by atoms with Crippen LogP contribution >= 0.6 is 0 Å². The molecule has 0 aliphatic carbocycles. The van der Waals surface area contributed by atoms with Crippen molar-refractivity contribution < 1.29 is 24.9 Å². The molecule has 1 rings (SSSR count). The van der Waals surface area contributed by atoms with Crippen LogP contribution in [0.15, 0.2) is 18.2 Å². The second-order valence-electron chi connectivity index (χ2n) is 3.88. The highest BCUT2D eigenvalue weighted by atomic mass is 16.5. The van der Waals surface area contributed by atoms with E-state index in [9.17, 15) is 15.0 Å². The number of phenolic OH excluding ortho intramolecular Hbond substituents is 2. The summed E-state index contributed by atoms with van der Waals surface area (Å²) in [7, 11) is 1.50. The van der Waals surface area contributed by atoms with Gasteiger partial charge in [-0.15, -0.1) is 0 Å². The average molecular weight is 255 g/mol. The molecule has 0 radical (unpaired) electrons. The largest absolute Gasteiger partial charge is 0.508 e. The summed E-state index contributed by atoms with van der Waals surface area (Å²) >= 11 is 0. The van der Waals surface area contributed by atoms with Gasteiger partial charge in [-0.05, 0) is 18.6 Å². The highest BCUT2D eigenvalue weighted by molar-refractivity contribution is 5.95. The van der Waals surface area contributed by atoms with Gasteiger partial charge in [0.1, 0.15) is 11.5 Å². The van der Waals surface area contributed by atoms with E-state index in [4.69, 9.17) is 9.84 Å². The molecule has 6 nitrogen and oxygen atoms in total. The van der Waals surface area contributed by atoms with Crippen molar-refractivity contribution in [1.82, 2.24) is 5.32 Å².